The van der Waals surface area contributed by atoms with Gasteiger partial charge in [0.05, 0.1) is 12.0 Å². The molecule has 3 amide bonds. The van der Waals surface area contributed by atoms with Crippen LogP contribution in [-0.2, 0) is 32.0 Å². The summed E-state index contributed by atoms with van der Waals surface area (Å²) < 4.78 is 5.59. The van der Waals surface area contributed by atoms with Gasteiger partial charge in [0, 0.05) is 38.8 Å². The third-order valence-corrected chi connectivity index (χ3v) is 9.46. The summed E-state index contributed by atoms with van der Waals surface area (Å²) in [7, 11) is 0. The van der Waals surface area contributed by atoms with E-state index in [9.17, 15) is 14.4 Å². The van der Waals surface area contributed by atoms with Crippen molar-refractivity contribution in [2.45, 2.75) is 64.0 Å². The summed E-state index contributed by atoms with van der Waals surface area (Å²) in [6.07, 6.45) is 8.85. The smallest absolute Gasteiger partial charge is 0.243 e. The number of hydrogen-bond donors (Lipinski definition) is 3. The Hall–Kier alpha value is -3.15. The molecule has 5 rings (SSSR count). The van der Waals surface area contributed by atoms with Gasteiger partial charge in [-0.15, -0.1) is 10.2 Å². The lowest BCUT2D eigenvalue weighted by Gasteiger charge is -2.40. The quantitative estimate of drug-likeness (QED) is 0.449. The first-order valence-corrected chi connectivity index (χ1v) is 15.5. The number of anilines is 1. The van der Waals surface area contributed by atoms with Gasteiger partial charge in [-0.3, -0.25) is 24.6 Å². The van der Waals surface area contributed by atoms with Crippen molar-refractivity contribution < 1.29 is 19.1 Å². The fourth-order valence-electron chi connectivity index (χ4n) is 6.01. The first-order valence-electron chi connectivity index (χ1n) is 14.7. The molecule has 3 aliphatic rings. The van der Waals surface area contributed by atoms with E-state index >= 15 is 0 Å². The molecule has 0 aliphatic carbocycles. The van der Waals surface area contributed by atoms with Crippen LogP contribution >= 0.6 is 11.3 Å². The number of aryl methyl sites for hydroxylation is 1. The minimum atomic E-state index is -0.669. The van der Waals surface area contributed by atoms with E-state index in [2.05, 4.69) is 43.2 Å². The molecule has 1 aromatic heterocycles. The molecule has 2 aromatic rings. The van der Waals surface area contributed by atoms with Crippen LogP contribution < -0.4 is 16.0 Å². The number of likely N-dealkylation sites (tertiary alicyclic amines) is 1. The zero-order chi connectivity index (χ0) is 28.7. The van der Waals surface area contributed by atoms with Crippen molar-refractivity contribution in [3.05, 3.63) is 53.1 Å². The number of rotatable bonds is 6. The van der Waals surface area contributed by atoms with Crippen LogP contribution in [0.3, 0.4) is 0 Å². The predicted molar refractivity (Wildman–Crippen MR) is 157 cm³/mol. The lowest BCUT2D eigenvalue weighted by molar-refractivity contribution is -0.140. The average Bonchev–Trinajstić information content (AvgIpc) is 3.44. The predicted octanol–water partition coefficient (Wildman–Crippen LogP) is 2.72. The molecule has 3 atom stereocenters. The van der Waals surface area contributed by atoms with Crippen LogP contribution in [0.1, 0.15) is 49.6 Å². The average molecular weight is 581 g/mol. The van der Waals surface area contributed by atoms with E-state index in [0.717, 1.165) is 29.8 Å². The minimum absolute atomic E-state index is 0.0478. The number of benzene rings is 1. The summed E-state index contributed by atoms with van der Waals surface area (Å²) in [5, 5.41) is 18.8. The summed E-state index contributed by atoms with van der Waals surface area (Å²) in [5.74, 6) is -0.190. The number of fused-ring (bicyclic) bond motifs is 1. The second-order valence-corrected chi connectivity index (χ2v) is 12.4. The molecule has 1 aromatic carbocycles. The summed E-state index contributed by atoms with van der Waals surface area (Å²) in [6.45, 7) is 4.72. The molecule has 2 fully saturated rings. The molecule has 3 N–H and O–H groups in total. The van der Waals surface area contributed by atoms with Gasteiger partial charge in [0.1, 0.15) is 11.0 Å². The molecule has 0 bridgehead atoms. The van der Waals surface area contributed by atoms with Crippen molar-refractivity contribution in [1.29, 1.82) is 0 Å². The summed E-state index contributed by atoms with van der Waals surface area (Å²) in [6, 6.07) is 9.10. The number of hydrogen-bond acceptors (Lipinski definition) is 8. The summed E-state index contributed by atoms with van der Waals surface area (Å²) >= 11 is 1.40. The van der Waals surface area contributed by atoms with Gasteiger partial charge in [-0.25, -0.2) is 0 Å². The van der Waals surface area contributed by atoms with Crippen LogP contribution in [0.4, 0.5) is 5.13 Å². The van der Waals surface area contributed by atoms with Crippen molar-refractivity contribution in [2.75, 3.05) is 38.2 Å². The Balaban J connectivity index is 1.30. The van der Waals surface area contributed by atoms with E-state index in [-0.39, 0.29) is 36.2 Å². The monoisotopic (exact) mass is 580 g/mol. The van der Waals surface area contributed by atoms with Gasteiger partial charge in [0.15, 0.2) is 0 Å². The minimum Gasteiger partial charge on any atom is -0.381 e. The van der Waals surface area contributed by atoms with Gasteiger partial charge in [0.2, 0.25) is 22.9 Å². The topological polar surface area (TPSA) is 126 Å². The zero-order valence-electron chi connectivity index (χ0n) is 23.6. The zero-order valence-corrected chi connectivity index (χ0v) is 24.5. The highest BCUT2D eigenvalue weighted by Crippen LogP contribution is 2.36. The van der Waals surface area contributed by atoms with Crippen molar-refractivity contribution in [3.63, 3.8) is 0 Å². The normalized spacial score (nSPS) is 26.1. The van der Waals surface area contributed by atoms with Crippen LogP contribution in [-0.4, -0.2) is 77.8 Å². The number of nitrogens with zero attached hydrogens (tertiary/aromatic N) is 3. The Kier molecular flexibility index (Phi) is 9.79. The van der Waals surface area contributed by atoms with E-state index in [0.29, 0.717) is 57.1 Å². The van der Waals surface area contributed by atoms with Crippen molar-refractivity contribution in [3.8, 4) is 0 Å². The fourth-order valence-corrected chi connectivity index (χ4v) is 6.70. The number of allylic oxidation sites excluding steroid dienone is 2. The SMILES string of the molecule is CCc1nnc(NC(=O)CN2CC[C@@H]3NC(=O)[C@H](Cc4ccccc4)NC(=O)C4(C/C=C/C[C@H]3C2)CCOCC4)s1. The molecule has 41 heavy (non-hydrogen) atoms. The lowest BCUT2D eigenvalue weighted by Crippen LogP contribution is -2.58. The molecule has 220 valence electrons. The molecule has 3 aliphatic heterocycles. The first kappa shape index (κ1) is 29.3. The molecule has 4 heterocycles. The molecule has 0 unspecified atom stereocenters. The summed E-state index contributed by atoms with van der Waals surface area (Å²) in [5.41, 5.74) is 0.418. The molecule has 0 radical (unpaired) electrons. The number of amides is 3. The van der Waals surface area contributed by atoms with Crippen LogP contribution in [0.2, 0.25) is 0 Å². The second kappa shape index (κ2) is 13.7. The van der Waals surface area contributed by atoms with Crippen LogP contribution in [0.25, 0.3) is 0 Å². The van der Waals surface area contributed by atoms with E-state index in [1.165, 1.54) is 11.3 Å². The Labute approximate surface area is 245 Å². The largest absolute Gasteiger partial charge is 0.381 e. The number of ether oxygens (including phenoxy) is 1. The Morgan fingerprint density at radius 1 is 1.15 bits per heavy atom. The standard InChI is InChI=1S/C30H40N6O4S/c1-2-26-34-35-29(41-26)33-25(37)20-36-15-11-23-22(19-36)10-6-7-12-30(13-16-40-17-14-30)28(39)32-24(27(38)31-23)18-21-8-4-3-5-9-21/h3-9,22-24H,2,10-20H2,1H3,(H,31,38)(H,32,39)(H,33,35,37)/b7-6+/t22-,23-,24-/m0/s1. The highest BCUT2D eigenvalue weighted by atomic mass is 32.1. The number of carbonyl (C=O) groups is 3. The Bertz CT molecular complexity index is 1230. The molecule has 10 nitrogen and oxygen atoms in total. The molecular formula is C30H40N6O4S. The molecule has 2 saturated heterocycles. The maximum atomic E-state index is 13.7. The first-order chi connectivity index (χ1) is 19.9. The van der Waals surface area contributed by atoms with Gasteiger partial charge in [-0.05, 0) is 50.0 Å². The van der Waals surface area contributed by atoms with Gasteiger partial charge >= 0.3 is 0 Å². The van der Waals surface area contributed by atoms with Crippen molar-refractivity contribution in [1.82, 2.24) is 25.7 Å². The highest BCUT2D eigenvalue weighted by Gasteiger charge is 2.41. The van der Waals surface area contributed by atoms with Crippen LogP contribution in [0, 0.1) is 11.3 Å². The lowest BCUT2D eigenvalue weighted by atomic mass is 9.75. The van der Waals surface area contributed by atoms with E-state index < -0.39 is 11.5 Å². The van der Waals surface area contributed by atoms with Gasteiger partial charge < -0.3 is 15.4 Å². The maximum Gasteiger partial charge on any atom is 0.243 e. The fraction of sp³-hybridized carbons (Fsp3) is 0.567. The second-order valence-electron chi connectivity index (χ2n) is 11.3. The number of piperidine rings is 1. The highest BCUT2D eigenvalue weighted by molar-refractivity contribution is 7.15. The molecular weight excluding hydrogens is 540 g/mol. The molecule has 0 saturated carbocycles. The van der Waals surface area contributed by atoms with E-state index in [1.54, 1.807) is 0 Å². The number of nitrogens with one attached hydrogen (secondary N) is 3. The third-order valence-electron chi connectivity index (χ3n) is 8.48. The van der Waals surface area contributed by atoms with E-state index in [4.69, 9.17) is 4.74 Å². The van der Waals surface area contributed by atoms with E-state index in [1.807, 2.05) is 37.3 Å². The van der Waals surface area contributed by atoms with Crippen LogP contribution in [0.5, 0.6) is 0 Å². The van der Waals surface area contributed by atoms with Gasteiger partial charge in [0.25, 0.3) is 0 Å². The van der Waals surface area contributed by atoms with Crippen molar-refractivity contribution in [2.24, 2.45) is 11.3 Å². The van der Waals surface area contributed by atoms with Gasteiger partial charge in [-0.2, -0.15) is 0 Å². The third kappa shape index (κ3) is 7.58. The molecule has 11 heteroatoms. The summed E-state index contributed by atoms with van der Waals surface area (Å²) in [4.78, 5) is 42.4. The number of aromatic nitrogens is 2. The van der Waals surface area contributed by atoms with Crippen LogP contribution in [0.15, 0.2) is 42.5 Å². The number of carbonyl (C=O) groups excluding carboxylic acids is 3. The molecule has 1 spiro atoms. The Morgan fingerprint density at radius 2 is 1.95 bits per heavy atom. The maximum absolute atomic E-state index is 13.7. The van der Waals surface area contributed by atoms with Crippen molar-refractivity contribution >= 4 is 34.2 Å². The van der Waals surface area contributed by atoms with Gasteiger partial charge in [-0.1, -0.05) is 60.7 Å². The Morgan fingerprint density at radius 3 is 2.71 bits per heavy atom.